The van der Waals surface area contributed by atoms with Crippen LogP contribution < -0.4 is 5.32 Å². The van der Waals surface area contributed by atoms with Crippen LogP contribution in [-0.2, 0) is 11.3 Å². The summed E-state index contributed by atoms with van der Waals surface area (Å²) >= 11 is 0. The van der Waals surface area contributed by atoms with E-state index in [2.05, 4.69) is 0 Å². The van der Waals surface area contributed by atoms with Crippen LogP contribution in [0.3, 0.4) is 0 Å². The van der Waals surface area contributed by atoms with Gasteiger partial charge in [-0.1, -0.05) is 12.1 Å². The highest BCUT2D eigenvalue weighted by Crippen LogP contribution is 2.20. The molecule has 0 bridgehead atoms. The van der Waals surface area contributed by atoms with Gasteiger partial charge in [-0.3, -0.25) is 9.69 Å². The maximum Gasteiger partial charge on any atom is 0.405 e. The monoisotopic (exact) mass is 318 g/mol. The van der Waals surface area contributed by atoms with E-state index in [9.17, 15) is 22.4 Å². The van der Waals surface area contributed by atoms with Crippen LogP contribution in [0.25, 0.3) is 0 Å². The van der Waals surface area contributed by atoms with Crippen molar-refractivity contribution < 1.29 is 22.4 Å². The molecule has 3 nitrogen and oxygen atoms in total. The van der Waals surface area contributed by atoms with Crippen molar-refractivity contribution in [2.75, 3.05) is 19.6 Å². The van der Waals surface area contributed by atoms with Gasteiger partial charge in [-0.25, -0.2) is 4.39 Å². The van der Waals surface area contributed by atoms with E-state index in [1.807, 2.05) is 10.2 Å². The van der Waals surface area contributed by atoms with Crippen molar-refractivity contribution in [1.82, 2.24) is 10.2 Å². The highest BCUT2D eigenvalue weighted by molar-refractivity contribution is 5.79. The highest BCUT2D eigenvalue weighted by Gasteiger charge is 2.31. The summed E-state index contributed by atoms with van der Waals surface area (Å²) in [5, 5.41) is 1.94. The molecule has 1 aromatic rings. The van der Waals surface area contributed by atoms with E-state index in [-0.39, 0.29) is 5.82 Å². The van der Waals surface area contributed by atoms with Gasteiger partial charge in [-0.15, -0.1) is 0 Å². The lowest BCUT2D eigenvalue weighted by Crippen LogP contribution is -2.44. The molecule has 1 fully saturated rings. The molecular weight excluding hydrogens is 300 g/mol. The fraction of sp³-hybridized carbons (Fsp3) is 0.533. The second-order valence-corrected chi connectivity index (χ2v) is 5.54. The molecule has 0 unspecified atom stereocenters. The topological polar surface area (TPSA) is 32.3 Å². The van der Waals surface area contributed by atoms with Crippen LogP contribution in [0.15, 0.2) is 24.3 Å². The van der Waals surface area contributed by atoms with Crippen molar-refractivity contribution in [2.24, 2.45) is 5.92 Å². The van der Waals surface area contributed by atoms with Crippen molar-refractivity contribution in [1.29, 1.82) is 0 Å². The Hall–Kier alpha value is -1.63. The summed E-state index contributed by atoms with van der Waals surface area (Å²) in [5.41, 5.74) is 0.788. The van der Waals surface area contributed by atoms with E-state index in [1.54, 1.807) is 12.1 Å². The Morgan fingerprint density at radius 1 is 1.36 bits per heavy atom. The molecule has 0 aromatic heterocycles. The first-order valence-electron chi connectivity index (χ1n) is 7.15. The number of carbonyl (C=O) groups is 1. The number of halogens is 4. The van der Waals surface area contributed by atoms with Crippen LogP contribution in [0.5, 0.6) is 0 Å². The zero-order valence-corrected chi connectivity index (χ0v) is 12.0. The summed E-state index contributed by atoms with van der Waals surface area (Å²) in [6.07, 6.45) is -3.09. The van der Waals surface area contributed by atoms with Gasteiger partial charge in [0.1, 0.15) is 12.4 Å². The Balaban J connectivity index is 1.87. The molecule has 1 aromatic carbocycles. The molecule has 0 saturated carbocycles. The summed E-state index contributed by atoms with van der Waals surface area (Å²) in [4.78, 5) is 13.8. The summed E-state index contributed by atoms with van der Waals surface area (Å²) in [6, 6.07) is 6.18. The van der Waals surface area contributed by atoms with Crippen molar-refractivity contribution >= 4 is 5.91 Å². The minimum absolute atomic E-state index is 0.325. The molecular formula is C15H18F4N2O. The lowest BCUT2D eigenvalue weighted by atomic mass is 9.96. The second kappa shape index (κ2) is 7.09. The van der Waals surface area contributed by atoms with E-state index in [0.29, 0.717) is 19.5 Å². The molecule has 0 spiro atoms. The molecule has 1 aliphatic heterocycles. The Morgan fingerprint density at radius 3 is 2.82 bits per heavy atom. The third-order valence-corrected chi connectivity index (χ3v) is 3.63. The number of carbonyl (C=O) groups excluding carboxylic acids is 1. The van der Waals surface area contributed by atoms with E-state index in [4.69, 9.17) is 0 Å². The Kier molecular flexibility index (Phi) is 5.39. The number of nitrogens with zero attached hydrogens (tertiary/aromatic N) is 1. The van der Waals surface area contributed by atoms with Crippen LogP contribution >= 0.6 is 0 Å². The van der Waals surface area contributed by atoms with Gasteiger partial charge >= 0.3 is 6.18 Å². The number of rotatable bonds is 4. The second-order valence-electron chi connectivity index (χ2n) is 5.54. The van der Waals surface area contributed by atoms with E-state index >= 15 is 0 Å². The first-order valence-corrected chi connectivity index (χ1v) is 7.15. The van der Waals surface area contributed by atoms with Crippen molar-refractivity contribution in [3.8, 4) is 0 Å². The number of nitrogens with one attached hydrogen (secondary N) is 1. The maximum atomic E-state index is 13.1. The van der Waals surface area contributed by atoms with E-state index in [1.165, 1.54) is 12.1 Å². The quantitative estimate of drug-likeness (QED) is 0.866. The molecule has 122 valence electrons. The van der Waals surface area contributed by atoms with Crippen LogP contribution in [0.4, 0.5) is 17.6 Å². The average Bonchev–Trinajstić information content (AvgIpc) is 2.44. The fourth-order valence-corrected chi connectivity index (χ4v) is 2.64. The number of alkyl halides is 3. The molecule has 1 N–H and O–H groups in total. The molecule has 1 saturated heterocycles. The molecule has 0 radical (unpaired) electrons. The summed E-state index contributed by atoms with van der Waals surface area (Å²) in [5.74, 6) is -1.35. The van der Waals surface area contributed by atoms with Gasteiger partial charge in [0.25, 0.3) is 0 Å². The van der Waals surface area contributed by atoms with Crippen LogP contribution in [-0.4, -0.2) is 36.6 Å². The smallest absolute Gasteiger partial charge is 0.347 e. The lowest BCUT2D eigenvalue weighted by Gasteiger charge is -2.32. The molecule has 2 rings (SSSR count). The zero-order valence-electron chi connectivity index (χ0n) is 12.0. The van der Waals surface area contributed by atoms with Gasteiger partial charge in [-0.2, -0.15) is 13.2 Å². The zero-order chi connectivity index (χ0) is 16.2. The summed E-state index contributed by atoms with van der Waals surface area (Å²) in [6.45, 7) is 0.326. The third kappa shape index (κ3) is 5.29. The van der Waals surface area contributed by atoms with Gasteiger partial charge in [0.2, 0.25) is 5.91 Å². The minimum atomic E-state index is -4.40. The maximum absolute atomic E-state index is 13.1. The molecule has 1 aliphatic rings. The molecule has 1 heterocycles. The standard InChI is InChI=1S/C15H18F4N2O/c16-13-5-1-3-11(7-13)8-21-6-2-4-12(9-21)14(22)20-10-15(17,18)19/h1,3,5,7,12H,2,4,6,8-10H2,(H,20,22)/t12-/m1/s1. The summed E-state index contributed by atoms with van der Waals surface area (Å²) < 4.78 is 49.5. The highest BCUT2D eigenvalue weighted by atomic mass is 19.4. The summed E-state index contributed by atoms with van der Waals surface area (Å²) in [7, 11) is 0. The predicted molar refractivity (Wildman–Crippen MR) is 73.5 cm³/mol. The van der Waals surface area contributed by atoms with E-state index in [0.717, 1.165) is 18.5 Å². The number of likely N-dealkylation sites (tertiary alicyclic amines) is 1. The molecule has 0 aliphatic carbocycles. The van der Waals surface area contributed by atoms with Crippen molar-refractivity contribution in [3.63, 3.8) is 0 Å². The minimum Gasteiger partial charge on any atom is -0.347 e. The van der Waals surface area contributed by atoms with Crippen LogP contribution in [0.2, 0.25) is 0 Å². The number of piperidine rings is 1. The van der Waals surface area contributed by atoms with Crippen molar-refractivity contribution in [3.05, 3.63) is 35.6 Å². The number of hydrogen-bond acceptors (Lipinski definition) is 2. The lowest BCUT2D eigenvalue weighted by molar-refractivity contribution is -0.141. The van der Waals surface area contributed by atoms with E-state index < -0.39 is 24.5 Å². The largest absolute Gasteiger partial charge is 0.405 e. The van der Waals surface area contributed by atoms with Gasteiger partial charge in [0.15, 0.2) is 0 Å². The predicted octanol–water partition coefficient (Wildman–Crippen LogP) is 2.72. The van der Waals surface area contributed by atoms with Gasteiger partial charge in [0, 0.05) is 13.1 Å². The van der Waals surface area contributed by atoms with Crippen LogP contribution in [0, 0.1) is 11.7 Å². The van der Waals surface area contributed by atoms with Gasteiger partial charge < -0.3 is 5.32 Å². The first kappa shape index (κ1) is 16.7. The molecule has 1 atom stereocenters. The fourth-order valence-electron chi connectivity index (χ4n) is 2.64. The SMILES string of the molecule is O=C(NCC(F)(F)F)[C@@H]1CCCN(Cc2cccc(F)c2)C1. The number of benzene rings is 1. The number of hydrogen-bond donors (Lipinski definition) is 1. The molecule has 1 amide bonds. The van der Waals surface area contributed by atoms with Gasteiger partial charge in [-0.05, 0) is 37.1 Å². The molecule has 22 heavy (non-hydrogen) atoms. The third-order valence-electron chi connectivity index (χ3n) is 3.63. The first-order chi connectivity index (χ1) is 10.3. The average molecular weight is 318 g/mol. The Bertz CT molecular complexity index is 519. The van der Waals surface area contributed by atoms with Gasteiger partial charge in [0.05, 0.1) is 5.92 Å². The Morgan fingerprint density at radius 2 is 2.14 bits per heavy atom. The van der Waals surface area contributed by atoms with Crippen LogP contribution in [0.1, 0.15) is 18.4 Å². The number of amides is 1. The normalized spacial score (nSPS) is 19.9. The molecule has 7 heteroatoms. The van der Waals surface area contributed by atoms with Crippen molar-refractivity contribution in [2.45, 2.75) is 25.6 Å². The Labute approximate surface area is 126 Å².